The molecule has 72 valence electrons. The van der Waals surface area contributed by atoms with Crippen molar-refractivity contribution in [3.05, 3.63) is 0 Å². The molecule has 2 atom stereocenters. The van der Waals surface area contributed by atoms with E-state index in [1.54, 1.807) is 0 Å². The molecular weight excluding hydrogens is 155 g/mol. The second kappa shape index (κ2) is 5.52. The SMILES string of the molecule is OC1CCCCCCCCC1F. The van der Waals surface area contributed by atoms with Crippen LogP contribution in [0.5, 0.6) is 0 Å². The summed E-state index contributed by atoms with van der Waals surface area (Å²) in [4.78, 5) is 0. The van der Waals surface area contributed by atoms with Gasteiger partial charge in [-0.3, -0.25) is 0 Å². The summed E-state index contributed by atoms with van der Waals surface area (Å²) in [6.07, 6.45) is 6.26. The first-order valence-corrected chi connectivity index (χ1v) is 5.13. The van der Waals surface area contributed by atoms with Crippen LogP contribution in [-0.2, 0) is 0 Å². The third-order valence-electron chi connectivity index (χ3n) is 2.65. The molecule has 1 aliphatic rings. The van der Waals surface area contributed by atoms with Gasteiger partial charge in [-0.15, -0.1) is 0 Å². The highest BCUT2D eigenvalue weighted by atomic mass is 19.1. The van der Waals surface area contributed by atoms with Crippen LogP contribution in [0.4, 0.5) is 4.39 Å². The van der Waals surface area contributed by atoms with Crippen molar-refractivity contribution in [3.63, 3.8) is 0 Å². The normalized spacial score (nSPS) is 34.5. The molecule has 1 saturated carbocycles. The van der Waals surface area contributed by atoms with Gasteiger partial charge in [-0.1, -0.05) is 38.5 Å². The summed E-state index contributed by atoms with van der Waals surface area (Å²) < 4.78 is 13.1. The molecule has 0 spiro atoms. The molecule has 0 amide bonds. The highest BCUT2D eigenvalue weighted by Crippen LogP contribution is 2.19. The monoisotopic (exact) mass is 174 g/mol. The fraction of sp³-hybridized carbons (Fsp3) is 1.00. The molecule has 0 aromatic carbocycles. The van der Waals surface area contributed by atoms with Crippen LogP contribution in [0.3, 0.4) is 0 Å². The van der Waals surface area contributed by atoms with Gasteiger partial charge in [-0.05, 0) is 12.8 Å². The Morgan fingerprint density at radius 1 is 0.833 bits per heavy atom. The molecule has 0 heterocycles. The lowest BCUT2D eigenvalue weighted by Gasteiger charge is -2.17. The predicted octanol–water partition coefficient (Wildman–Crippen LogP) is 2.82. The van der Waals surface area contributed by atoms with Crippen molar-refractivity contribution in [1.29, 1.82) is 0 Å². The van der Waals surface area contributed by atoms with Gasteiger partial charge in [-0.2, -0.15) is 0 Å². The third kappa shape index (κ3) is 3.53. The van der Waals surface area contributed by atoms with Crippen molar-refractivity contribution >= 4 is 0 Å². The molecule has 1 N–H and O–H groups in total. The average molecular weight is 174 g/mol. The van der Waals surface area contributed by atoms with E-state index >= 15 is 0 Å². The van der Waals surface area contributed by atoms with Gasteiger partial charge in [0.2, 0.25) is 0 Å². The van der Waals surface area contributed by atoms with E-state index in [4.69, 9.17) is 0 Å². The molecule has 1 aliphatic carbocycles. The van der Waals surface area contributed by atoms with E-state index in [9.17, 15) is 9.50 Å². The van der Waals surface area contributed by atoms with Gasteiger partial charge in [0.05, 0.1) is 6.10 Å². The van der Waals surface area contributed by atoms with Crippen LogP contribution in [0.15, 0.2) is 0 Å². The Bertz CT molecular complexity index is 102. The van der Waals surface area contributed by atoms with E-state index in [2.05, 4.69) is 0 Å². The molecular formula is C10H19FO. The molecule has 2 heteroatoms. The first kappa shape index (κ1) is 9.97. The van der Waals surface area contributed by atoms with E-state index in [1.807, 2.05) is 0 Å². The molecule has 2 unspecified atom stereocenters. The maximum atomic E-state index is 13.1. The van der Waals surface area contributed by atoms with Gasteiger partial charge in [0.25, 0.3) is 0 Å². The largest absolute Gasteiger partial charge is 0.390 e. The predicted molar refractivity (Wildman–Crippen MR) is 47.8 cm³/mol. The summed E-state index contributed by atoms with van der Waals surface area (Å²) in [6, 6.07) is 0. The van der Waals surface area contributed by atoms with Crippen LogP contribution in [0.1, 0.15) is 51.4 Å². The number of aliphatic hydroxyl groups is 1. The van der Waals surface area contributed by atoms with E-state index in [-0.39, 0.29) is 0 Å². The summed E-state index contributed by atoms with van der Waals surface area (Å²) in [7, 11) is 0. The minimum Gasteiger partial charge on any atom is -0.390 e. The average Bonchev–Trinajstić information content (AvgIpc) is 2.08. The summed E-state index contributed by atoms with van der Waals surface area (Å²) >= 11 is 0. The zero-order valence-electron chi connectivity index (χ0n) is 7.64. The maximum absolute atomic E-state index is 13.1. The van der Waals surface area contributed by atoms with Gasteiger partial charge in [0.1, 0.15) is 6.17 Å². The Morgan fingerprint density at radius 2 is 1.33 bits per heavy atom. The van der Waals surface area contributed by atoms with Crippen molar-refractivity contribution in [1.82, 2.24) is 0 Å². The van der Waals surface area contributed by atoms with E-state index in [1.165, 1.54) is 12.8 Å². The zero-order valence-corrected chi connectivity index (χ0v) is 7.64. The zero-order chi connectivity index (χ0) is 8.81. The topological polar surface area (TPSA) is 20.2 Å². The van der Waals surface area contributed by atoms with Crippen LogP contribution in [0.2, 0.25) is 0 Å². The molecule has 0 saturated heterocycles. The smallest absolute Gasteiger partial charge is 0.126 e. The molecule has 1 rings (SSSR count). The van der Waals surface area contributed by atoms with E-state index < -0.39 is 12.3 Å². The van der Waals surface area contributed by atoms with Gasteiger partial charge < -0.3 is 5.11 Å². The lowest BCUT2D eigenvalue weighted by Crippen LogP contribution is -2.22. The minimum atomic E-state index is -0.969. The molecule has 12 heavy (non-hydrogen) atoms. The summed E-state index contributed by atoms with van der Waals surface area (Å²) in [5, 5.41) is 9.32. The van der Waals surface area contributed by atoms with Crippen molar-refractivity contribution in [2.24, 2.45) is 0 Å². The highest BCUT2D eigenvalue weighted by molar-refractivity contribution is 4.69. The standard InChI is InChI=1S/C10H19FO/c11-9-7-5-3-1-2-4-6-8-10(9)12/h9-10,12H,1-8H2. The van der Waals surface area contributed by atoms with Crippen LogP contribution in [0, 0.1) is 0 Å². The summed E-state index contributed by atoms with van der Waals surface area (Å²) in [5.74, 6) is 0. The quantitative estimate of drug-likeness (QED) is 0.598. The second-order valence-electron chi connectivity index (χ2n) is 3.78. The van der Waals surface area contributed by atoms with Crippen molar-refractivity contribution in [2.75, 3.05) is 0 Å². The molecule has 0 radical (unpaired) electrons. The van der Waals surface area contributed by atoms with Crippen LogP contribution in [-0.4, -0.2) is 17.4 Å². The summed E-state index contributed by atoms with van der Waals surface area (Å²) in [6.45, 7) is 0. The minimum absolute atomic E-state index is 0.557. The molecule has 0 aromatic rings. The first-order chi connectivity index (χ1) is 5.80. The van der Waals surface area contributed by atoms with Crippen LogP contribution in [0.25, 0.3) is 0 Å². The number of hydrogen-bond donors (Lipinski definition) is 1. The van der Waals surface area contributed by atoms with Gasteiger partial charge in [-0.25, -0.2) is 4.39 Å². The lowest BCUT2D eigenvalue weighted by molar-refractivity contribution is 0.0607. The van der Waals surface area contributed by atoms with Crippen molar-refractivity contribution < 1.29 is 9.50 Å². The van der Waals surface area contributed by atoms with Crippen LogP contribution >= 0.6 is 0 Å². The second-order valence-corrected chi connectivity index (χ2v) is 3.78. The van der Waals surface area contributed by atoms with Crippen molar-refractivity contribution in [2.45, 2.75) is 63.6 Å². The Morgan fingerprint density at radius 3 is 2.00 bits per heavy atom. The first-order valence-electron chi connectivity index (χ1n) is 5.13. The van der Waals surface area contributed by atoms with E-state index in [0.29, 0.717) is 12.8 Å². The van der Waals surface area contributed by atoms with Gasteiger partial charge in [0, 0.05) is 0 Å². The van der Waals surface area contributed by atoms with Gasteiger partial charge >= 0.3 is 0 Å². The number of halogens is 1. The van der Waals surface area contributed by atoms with Crippen LogP contribution < -0.4 is 0 Å². The fourth-order valence-corrected chi connectivity index (χ4v) is 1.77. The Labute approximate surface area is 74.0 Å². The Balaban J connectivity index is 2.26. The summed E-state index contributed by atoms with van der Waals surface area (Å²) in [5.41, 5.74) is 0. The van der Waals surface area contributed by atoms with E-state index in [0.717, 1.165) is 25.7 Å². The molecule has 1 nitrogen and oxygen atoms in total. The maximum Gasteiger partial charge on any atom is 0.126 e. The number of aliphatic hydroxyl groups excluding tert-OH is 1. The van der Waals surface area contributed by atoms with Gasteiger partial charge in [0.15, 0.2) is 0 Å². The highest BCUT2D eigenvalue weighted by Gasteiger charge is 2.17. The van der Waals surface area contributed by atoms with Crippen molar-refractivity contribution in [3.8, 4) is 0 Å². The molecule has 1 fully saturated rings. The molecule has 0 bridgehead atoms. The molecule has 0 aromatic heterocycles. The number of alkyl halides is 1. The Hall–Kier alpha value is -0.110. The number of hydrogen-bond acceptors (Lipinski definition) is 1. The number of rotatable bonds is 0. The lowest BCUT2D eigenvalue weighted by atomic mass is 9.98. The third-order valence-corrected chi connectivity index (χ3v) is 2.65. The fourth-order valence-electron chi connectivity index (χ4n) is 1.77. The Kier molecular flexibility index (Phi) is 4.59. The molecule has 0 aliphatic heterocycles.